The molecule has 0 spiro atoms. The van der Waals surface area contributed by atoms with E-state index in [9.17, 15) is 9.90 Å². The van der Waals surface area contributed by atoms with Crippen LogP contribution in [0.5, 0.6) is 5.75 Å². The van der Waals surface area contributed by atoms with Crippen LogP contribution in [0.2, 0.25) is 0 Å². The molecule has 92 valence electrons. The number of carbonyl (C=O) groups is 1. The Hall–Kier alpha value is 0.420. The summed E-state index contributed by atoms with van der Waals surface area (Å²) in [6.07, 6.45) is 2.59. The summed E-state index contributed by atoms with van der Waals surface area (Å²) in [5.41, 5.74) is 1.49. The van der Waals surface area contributed by atoms with Gasteiger partial charge in [0, 0.05) is 16.1 Å². The number of phenols is 1. The molecule has 0 saturated carbocycles. The molecule has 0 fully saturated rings. The molecule has 0 radical (unpaired) electrons. The minimum atomic E-state index is -0.999. The van der Waals surface area contributed by atoms with Gasteiger partial charge in [-0.2, -0.15) is 0 Å². The van der Waals surface area contributed by atoms with Crippen LogP contribution in [0.4, 0.5) is 0 Å². The number of halogens is 3. The first-order valence-electron chi connectivity index (χ1n) is 4.55. The van der Waals surface area contributed by atoms with Crippen molar-refractivity contribution in [2.24, 2.45) is 0 Å². The monoisotopic (exact) mass is 570 g/mol. The van der Waals surface area contributed by atoms with E-state index in [4.69, 9.17) is 5.11 Å². The van der Waals surface area contributed by atoms with Crippen molar-refractivity contribution in [3.8, 4) is 5.75 Å². The van der Waals surface area contributed by atoms with Crippen LogP contribution in [0.15, 0.2) is 24.3 Å². The van der Waals surface area contributed by atoms with Crippen molar-refractivity contribution in [2.45, 2.75) is 1.43 Å². The van der Waals surface area contributed by atoms with Crippen LogP contribution in [-0.4, -0.2) is 20.6 Å². The van der Waals surface area contributed by atoms with E-state index in [-0.39, 0.29) is 7.18 Å². The molecule has 0 aliphatic heterocycles. The van der Waals surface area contributed by atoms with Gasteiger partial charge in [-0.05, 0) is 17.7 Å². The Morgan fingerprint density at radius 2 is 2.06 bits per heavy atom. The zero-order chi connectivity index (χ0) is 13.1. The zero-order valence-electron chi connectivity index (χ0n) is 8.53. The van der Waals surface area contributed by atoms with E-state index in [1.807, 2.05) is 0 Å². The fraction of sp³-hybridized carbons (Fsp3) is 0.182. The van der Waals surface area contributed by atoms with E-state index in [0.717, 1.165) is 21.6 Å². The highest BCUT2D eigenvalue weighted by molar-refractivity contribution is 14.2. The van der Waals surface area contributed by atoms with Crippen LogP contribution in [0.25, 0.3) is 6.08 Å². The van der Waals surface area contributed by atoms with Gasteiger partial charge in [0.2, 0.25) is 0 Å². The third-order valence-electron chi connectivity index (χ3n) is 2.01. The third kappa shape index (κ3) is 4.23. The molecule has 2 N–H and O–H groups in total. The quantitative estimate of drug-likeness (QED) is 0.328. The fourth-order valence-electron chi connectivity index (χ4n) is 1.32. The molecule has 0 bridgehead atoms. The van der Waals surface area contributed by atoms with Crippen molar-refractivity contribution in [2.75, 3.05) is 4.43 Å². The molecule has 0 aromatic heterocycles. The van der Waals surface area contributed by atoms with Gasteiger partial charge in [-0.15, -0.1) is 0 Å². The second kappa shape index (κ2) is 6.55. The molecule has 1 aromatic carbocycles. The van der Waals surface area contributed by atoms with Crippen molar-refractivity contribution < 1.29 is 15.0 Å². The van der Waals surface area contributed by atoms with Crippen molar-refractivity contribution in [3.63, 3.8) is 0 Å². The maximum Gasteiger partial charge on any atom is 0.328 e. The van der Waals surface area contributed by atoms with Crippen LogP contribution in [0, 0.1) is 0 Å². The highest BCUT2D eigenvalue weighted by Gasteiger charge is 2.29. The molecule has 0 saturated heterocycles. The Morgan fingerprint density at radius 3 is 2.59 bits per heavy atom. The van der Waals surface area contributed by atoms with Crippen molar-refractivity contribution in [1.29, 1.82) is 0 Å². The second-order valence-electron chi connectivity index (χ2n) is 3.25. The lowest BCUT2D eigenvalue weighted by Crippen LogP contribution is -2.12. The first-order valence-corrected chi connectivity index (χ1v) is 8.24. The van der Waals surface area contributed by atoms with Gasteiger partial charge in [0.25, 0.3) is 0 Å². The average Bonchev–Trinajstić information content (AvgIpc) is 2.26. The lowest BCUT2D eigenvalue weighted by Gasteiger charge is -2.21. The molecule has 0 aliphatic rings. The van der Waals surface area contributed by atoms with Gasteiger partial charge in [-0.1, -0.05) is 79.9 Å². The lowest BCUT2D eigenvalue weighted by atomic mass is 10.0. The minimum absolute atomic E-state index is 0.193. The van der Waals surface area contributed by atoms with E-state index in [1.54, 1.807) is 18.2 Å². The first kappa shape index (κ1) is 15.5. The number of benzene rings is 1. The normalized spacial score (nSPS) is 11.9. The topological polar surface area (TPSA) is 57.5 Å². The fourth-order valence-corrected chi connectivity index (χ4v) is 2.88. The molecule has 0 atom stereocenters. The van der Waals surface area contributed by atoms with Crippen LogP contribution in [0.1, 0.15) is 11.1 Å². The summed E-state index contributed by atoms with van der Waals surface area (Å²) < 4.78 is 0.539. The van der Waals surface area contributed by atoms with Crippen molar-refractivity contribution >= 4 is 79.8 Å². The standard InChI is InChI=1S/C11H9I3O3/c12-6-11(13,14)10-7(4-5-9(16)17)2-1-3-8(10)15/h1-5,15H,6H2,(H,16,17)/b5-4+. The summed E-state index contributed by atoms with van der Waals surface area (Å²) in [4.78, 5) is 10.5. The number of phenolic OH excluding ortho intramolecular Hbond substituents is 1. The van der Waals surface area contributed by atoms with E-state index in [0.29, 0.717) is 0 Å². The first-order chi connectivity index (χ1) is 7.88. The number of hydrogen-bond acceptors (Lipinski definition) is 2. The summed E-state index contributed by atoms with van der Waals surface area (Å²) in [5.74, 6) is -0.806. The van der Waals surface area contributed by atoms with Crippen LogP contribution in [0.3, 0.4) is 0 Å². The molecule has 0 unspecified atom stereocenters. The van der Waals surface area contributed by atoms with E-state index in [1.165, 1.54) is 6.08 Å². The number of aliphatic carboxylic acids is 1. The largest absolute Gasteiger partial charge is 0.508 e. The molecule has 0 amide bonds. The Morgan fingerprint density at radius 1 is 1.41 bits per heavy atom. The number of alkyl halides is 3. The highest BCUT2D eigenvalue weighted by atomic mass is 127. The summed E-state index contributed by atoms with van der Waals surface area (Å²) >= 11 is 6.75. The Labute approximate surface area is 140 Å². The predicted molar refractivity (Wildman–Crippen MR) is 93.4 cm³/mol. The van der Waals surface area contributed by atoms with Crippen molar-refractivity contribution in [3.05, 3.63) is 35.4 Å². The number of carboxylic acid groups (broad SMARTS) is 1. The molecule has 0 heterocycles. The molecular weight excluding hydrogens is 561 g/mol. The van der Waals surface area contributed by atoms with Gasteiger partial charge in [0.15, 0.2) is 0 Å². The summed E-state index contributed by atoms with van der Waals surface area (Å²) in [7, 11) is 0. The maximum absolute atomic E-state index is 10.5. The number of carboxylic acids is 1. The smallest absolute Gasteiger partial charge is 0.328 e. The molecule has 1 aromatic rings. The molecule has 1 rings (SSSR count). The average molecular weight is 570 g/mol. The van der Waals surface area contributed by atoms with Crippen molar-refractivity contribution in [1.82, 2.24) is 0 Å². The number of hydrogen-bond donors (Lipinski definition) is 2. The van der Waals surface area contributed by atoms with Gasteiger partial charge in [0.05, 0.1) is 0 Å². The van der Waals surface area contributed by atoms with E-state index in [2.05, 4.69) is 67.8 Å². The molecule has 3 nitrogen and oxygen atoms in total. The minimum Gasteiger partial charge on any atom is -0.508 e. The third-order valence-corrected chi connectivity index (χ3v) is 7.92. The van der Waals surface area contributed by atoms with Crippen LogP contribution < -0.4 is 0 Å². The van der Waals surface area contributed by atoms with Gasteiger partial charge >= 0.3 is 5.97 Å². The zero-order valence-corrected chi connectivity index (χ0v) is 15.0. The van der Waals surface area contributed by atoms with E-state index < -0.39 is 5.97 Å². The van der Waals surface area contributed by atoms with Crippen LogP contribution >= 0.6 is 67.8 Å². The molecule has 6 heteroatoms. The number of rotatable bonds is 4. The lowest BCUT2D eigenvalue weighted by molar-refractivity contribution is -0.131. The summed E-state index contributed by atoms with van der Waals surface area (Å²) in [5, 5.41) is 18.6. The Kier molecular flexibility index (Phi) is 5.96. The van der Waals surface area contributed by atoms with E-state index >= 15 is 0 Å². The SMILES string of the molecule is O=C(O)/C=C/c1cccc(O)c1C(I)(I)CI. The van der Waals surface area contributed by atoms with Gasteiger partial charge in [0.1, 0.15) is 7.18 Å². The Balaban J connectivity index is 3.32. The van der Waals surface area contributed by atoms with Gasteiger partial charge in [-0.3, -0.25) is 0 Å². The number of aromatic hydroxyl groups is 1. The predicted octanol–water partition coefficient (Wildman–Crippen LogP) is 3.95. The summed E-state index contributed by atoms with van der Waals surface area (Å²) in [6.45, 7) is 0. The second-order valence-corrected chi connectivity index (χ2v) is 9.76. The summed E-state index contributed by atoms with van der Waals surface area (Å²) in [6, 6.07) is 5.12. The van der Waals surface area contributed by atoms with Gasteiger partial charge in [-0.25, -0.2) is 4.79 Å². The molecule has 0 aliphatic carbocycles. The van der Waals surface area contributed by atoms with Gasteiger partial charge < -0.3 is 10.2 Å². The molecule has 17 heavy (non-hydrogen) atoms. The Bertz CT molecular complexity index is 455. The molecular formula is C11H9I3O3. The maximum atomic E-state index is 10.5. The van der Waals surface area contributed by atoms with Crippen LogP contribution in [-0.2, 0) is 6.22 Å². The highest BCUT2D eigenvalue weighted by Crippen LogP contribution is 2.46.